The van der Waals surface area contributed by atoms with Crippen molar-refractivity contribution in [1.29, 1.82) is 0 Å². The molecule has 0 amide bonds. The first-order valence-electron chi connectivity index (χ1n) is 4.08. The number of hydrogen-bond acceptors (Lipinski definition) is 2. The molecule has 0 fully saturated rings. The van der Waals surface area contributed by atoms with Gasteiger partial charge in [0.25, 0.3) is 0 Å². The van der Waals surface area contributed by atoms with E-state index in [9.17, 15) is 5.11 Å². The van der Waals surface area contributed by atoms with Gasteiger partial charge in [-0.1, -0.05) is 25.5 Å². The van der Waals surface area contributed by atoms with Crippen LogP contribution in [0.15, 0.2) is 11.6 Å². The minimum atomic E-state index is -0.281. The third-order valence-corrected chi connectivity index (χ3v) is 1.82. The fourth-order valence-corrected chi connectivity index (χ4v) is 0.984. The first-order valence-corrected chi connectivity index (χ1v) is 4.08. The Morgan fingerprint density at radius 1 is 1.55 bits per heavy atom. The van der Waals surface area contributed by atoms with E-state index in [1.807, 2.05) is 26.8 Å². The fraction of sp³-hybridized carbons (Fsp3) is 0.778. The SMILES string of the molecule is CCC(O)C(C)/C=C(\C)CO. The number of hydrogen-bond donors (Lipinski definition) is 2. The maximum absolute atomic E-state index is 9.34. The van der Waals surface area contributed by atoms with Crippen LogP contribution in [0.25, 0.3) is 0 Å². The smallest absolute Gasteiger partial charge is 0.0639 e. The van der Waals surface area contributed by atoms with Crippen molar-refractivity contribution in [2.75, 3.05) is 6.61 Å². The van der Waals surface area contributed by atoms with E-state index >= 15 is 0 Å². The molecule has 0 radical (unpaired) electrons. The third-order valence-electron chi connectivity index (χ3n) is 1.82. The van der Waals surface area contributed by atoms with E-state index in [0.29, 0.717) is 0 Å². The van der Waals surface area contributed by atoms with E-state index in [2.05, 4.69) is 0 Å². The maximum Gasteiger partial charge on any atom is 0.0639 e. The average Bonchev–Trinajstić information content (AvgIpc) is 2.02. The zero-order chi connectivity index (χ0) is 8.85. The van der Waals surface area contributed by atoms with E-state index in [4.69, 9.17) is 5.11 Å². The van der Waals surface area contributed by atoms with Crippen LogP contribution in [-0.2, 0) is 0 Å². The lowest BCUT2D eigenvalue weighted by molar-refractivity contribution is 0.133. The fourth-order valence-electron chi connectivity index (χ4n) is 0.984. The van der Waals surface area contributed by atoms with E-state index in [0.717, 1.165) is 12.0 Å². The van der Waals surface area contributed by atoms with Gasteiger partial charge in [-0.2, -0.15) is 0 Å². The van der Waals surface area contributed by atoms with Gasteiger partial charge in [0.15, 0.2) is 0 Å². The highest BCUT2D eigenvalue weighted by atomic mass is 16.3. The summed E-state index contributed by atoms with van der Waals surface area (Å²) < 4.78 is 0. The van der Waals surface area contributed by atoms with Gasteiger partial charge in [-0.05, 0) is 13.3 Å². The topological polar surface area (TPSA) is 40.5 Å². The molecule has 0 aromatic heterocycles. The zero-order valence-electron chi connectivity index (χ0n) is 7.54. The molecule has 0 saturated carbocycles. The summed E-state index contributed by atoms with van der Waals surface area (Å²) in [6, 6.07) is 0. The highest BCUT2D eigenvalue weighted by Gasteiger charge is 2.08. The second-order valence-corrected chi connectivity index (χ2v) is 3.01. The molecule has 0 aromatic rings. The molecule has 0 spiro atoms. The molecule has 2 heteroatoms. The molecule has 66 valence electrons. The van der Waals surface area contributed by atoms with Gasteiger partial charge in [0.05, 0.1) is 12.7 Å². The summed E-state index contributed by atoms with van der Waals surface area (Å²) in [6.45, 7) is 5.84. The summed E-state index contributed by atoms with van der Waals surface area (Å²) >= 11 is 0. The molecule has 2 unspecified atom stereocenters. The van der Waals surface area contributed by atoms with Crippen LogP contribution in [-0.4, -0.2) is 22.9 Å². The Morgan fingerprint density at radius 2 is 2.09 bits per heavy atom. The van der Waals surface area contributed by atoms with Crippen LogP contribution in [0.3, 0.4) is 0 Å². The van der Waals surface area contributed by atoms with Gasteiger partial charge < -0.3 is 10.2 Å². The molecule has 0 aliphatic rings. The Bertz CT molecular complexity index is 130. The lowest BCUT2D eigenvalue weighted by atomic mass is 10.0. The monoisotopic (exact) mass is 158 g/mol. The van der Waals surface area contributed by atoms with Gasteiger partial charge in [0, 0.05) is 5.92 Å². The van der Waals surface area contributed by atoms with E-state index in [1.54, 1.807) is 0 Å². The van der Waals surface area contributed by atoms with Crippen molar-refractivity contribution in [2.45, 2.75) is 33.3 Å². The Balaban J connectivity index is 3.93. The predicted molar refractivity (Wildman–Crippen MR) is 46.3 cm³/mol. The van der Waals surface area contributed by atoms with Crippen molar-refractivity contribution in [2.24, 2.45) is 5.92 Å². The molecule has 0 rings (SSSR count). The normalized spacial score (nSPS) is 18.1. The van der Waals surface area contributed by atoms with Gasteiger partial charge in [0.2, 0.25) is 0 Å². The van der Waals surface area contributed by atoms with Crippen LogP contribution in [0.5, 0.6) is 0 Å². The zero-order valence-corrected chi connectivity index (χ0v) is 7.54. The molecular weight excluding hydrogens is 140 g/mol. The molecule has 0 heterocycles. The lowest BCUT2D eigenvalue weighted by Gasteiger charge is -2.13. The highest BCUT2D eigenvalue weighted by Crippen LogP contribution is 2.10. The van der Waals surface area contributed by atoms with Crippen LogP contribution >= 0.6 is 0 Å². The molecule has 0 saturated heterocycles. The Labute approximate surface area is 68.6 Å². The van der Waals surface area contributed by atoms with Crippen molar-refractivity contribution >= 4 is 0 Å². The molecule has 0 aromatic carbocycles. The summed E-state index contributed by atoms with van der Waals surface area (Å²) in [5.41, 5.74) is 0.921. The first kappa shape index (κ1) is 10.7. The largest absolute Gasteiger partial charge is 0.393 e. The molecule has 11 heavy (non-hydrogen) atoms. The summed E-state index contributed by atoms with van der Waals surface area (Å²) in [6.07, 6.45) is 2.39. The standard InChI is InChI=1S/C9H18O2/c1-4-9(11)8(3)5-7(2)6-10/h5,8-11H,4,6H2,1-3H3/b7-5+. The first-order chi connectivity index (χ1) is 5.11. The highest BCUT2D eigenvalue weighted by molar-refractivity contribution is 5.01. The van der Waals surface area contributed by atoms with Gasteiger partial charge in [-0.15, -0.1) is 0 Å². The molecule has 0 bridgehead atoms. The third kappa shape index (κ3) is 4.17. The summed E-state index contributed by atoms with van der Waals surface area (Å²) in [7, 11) is 0. The molecule has 0 aliphatic heterocycles. The van der Waals surface area contributed by atoms with Crippen molar-refractivity contribution < 1.29 is 10.2 Å². The van der Waals surface area contributed by atoms with Crippen molar-refractivity contribution in [1.82, 2.24) is 0 Å². The molecule has 2 N–H and O–H groups in total. The lowest BCUT2D eigenvalue weighted by Crippen LogP contribution is -2.14. The minimum Gasteiger partial charge on any atom is -0.393 e. The van der Waals surface area contributed by atoms with Gasteiger partial charge >= 0.3 is 0 Å². The summed E-state index contributed by atoms with van der Waals surface area (Å²) in [5, 5.41) is 18.0. The van der Waals surface area contributed by atoms with Crippen molar-refractivity contribution in [3.05, 3.63) is 11.6 Å². The molecule has 2 atom stereocenters. The second kappa shape index (κ2) is 5.33. The number of rotatable bonds is 4. The minimum absolute atomic E-state index is 0.0841. The summed E-state index contributed by atoms with van der Waals surface area (Å²) in [5.74, 6) is 0.146. The summed E-state index contributed by atoms with van der Waals surface area (Å²) in [4.78, 5) is 0. The number of aliphatic hydroxyl groups excluding tert-OH is 2. The van der Waals surface area contributed by atoms with E-state index in [-0.39, 0.29) is 18.6 Å². The van der Waals surface area contributed by atoms with Crippen molar-refractivity contribution in [3.63, 3.8) is 0 Å². The molecular formula is C9H18O2. The van der Waals surface area contributed by atoms with Crippen LogP contribution in [0, 0.1) is 5.92 Å². The van der Waals surface area contributed by atoms with E-state index in [1.165, 1.54) is 0 Å². The van der Waals surface area contributed by atoms with Crippen LogP contribution in [0.1, 0.15) is 27.2 Å². The van der Waals surface area contributed by atoms with Gasteiger partial charge in [-0.3, -0.25) is 0 Å². The van der Waals surface area contributed by atoms with Crippen LogP contribution in [0.2, 0.25) is 0 Å². The average molecular weight is 158 g/mol. The molecule has 2 nitrogen and oxygen atoms in total. The Kier molecular flexibility index (Phi) is 5.16. The van der Waals surface area contributed by atoms with E-state index < -0.39 is 0 Å². The van der Waals surface area contributed by atoms with Gasteiger partial charge in [0.1, 0.15) is 0 Å². The van der Waals surface area contributed by atoms with Crippen molar-refractivity contribution in [3.8, 4) is 0 Å². The quantitative estimate of drug-likeness (QED) is 0.606. The number of aliphatic hydroxyl groups is 2. The second-order valence-electron chi connectivity index (χ2n) is 3.01. The molecule has 0 aliphatic carbocycles. The van der Waals surface area contributed by atoms with Crippen LogP contribution < -0.4 is 0 Å². The maximum atomic E-state index is 9.34. The van der Waals surface area contributed by atoms with Gasteiger partial charge in [-0.25, -0.2) is 0 Å². The van der Waals surface area contributed by atoms with Crippen LogP contribution in [0.4, 0.5) is 0 Å². The predicted octanol–water partition coefficient (Wildman–Crippen LogP) is 1.33. The Hall–Kier alpha value is -0.340. The Morgan fingerprint density at radius 3 is 2.45 bits per heavy atom.